The molecule has 0 saturated heterocycles. The molecule has 1 amide bonds. The standard InChI is InChI=1S/C26H27FN4O2/c1-3-18(2)28-24(32)14-15-31(17-21-7-6-16-33-21)26-22-8-4-5-9-23(22)29-25(30-26)19-10-12-20(27)13-11-19/h4-13,16,18H,3,14-15,17H2,1-2H3,(H,28,32)/t18-/m1/s1. The molecule has 0 aliphatic heterocycles. The van der Waals surface area contributed by atoms with E-state index in [4.69, 9.17) is 14.4 Å². The van der Waals surface area contributed by atoms with Crippen LogP contribution < -0.4 is 10.2 Å². The molecular weight excluding hydrogens is 419 g/mol. The van der Waals surface area contributed by atoms with Crippen LogP contribution >= 0.6 is 0 Å². The van der Waals surface area contributed by atoms with Crippen LogP contribution in [0.25, 0.3) is 22.3 Å². The molecule has 0 fully saturated rings. The van der Waals surface area contributed by atoms with Crippen molar-refractivity contribution in [3.05, 3.63) is 78.5 Å². The molecule has 0 bridgehead atoms. The zero-order valence-electron chi connectivity index (χ0n) is 18.8. The van der Waals surface area contributed by atoms with Gasteiger partial charge in [-0.15, -0.1) is 0 Å². The molecule has 6 nitrogen and oxygen atoms in total. The van der Waals surface area contributed by atoms with Crippen LogP contribution in [0.1, 0.15) is 32.4 Å². The number of halogens is 1. The first-order valence-electron chi connectivity index (χ1n) is 11.1. The summed E-state index contributed by atoms with van der Waals surface area (Å²) in [5, 5.41) is 3.89. The number of rotatable bonds is 9. The number of furan rings is 1. The maximum absolute atomic E-state index is 13.5. The summed E-state index contributed by atoms with van der Waals surface area (Å²) in [5.74, 6) is 1.64. The zero-order chi connectivity index (χ0) is 23.2. The Morgan fingerprint density at radius 3 is 2.61 bits per heavy atom. The highest BCUT2D eigenvalue weighted by Crippen LogP contribution is 2.29. The number of nitrogens with one attached hydrogen (secondary N) is 1. The number of benzene rings is 2. The van der Waals surface area contributed by atoms with Gasteiger partial charge in [0.2, 0.25) is 5.91 Å². The Labute approximate surface area is 192 Å². The predicted molar refractivity (Wildman–Crippen MR) is 127 cm³/mol. The van der Waals surface area contributed by atoms with Gasteiger partial charge in [-0.2, -0.15) is 0 Å². The van der Waals surface area contributed by atoms with Crippen LogP contribution in [0, 0.1) is 5.82 Å². The van der Waals surface area contributed by atoms with E-state index in [-0.39, 0.29) is 17.8 Å². The molecule has 2 aromatic heterocycles. The van der Waals surface area contributed by atoms with Gasteiger partial charge in [-0.25, -0.2) is 14.4 Å². The lowest BCUT2D eigenvalue weighted by atomic mass is 10.1. The van der Waals surface area contributed by atoms with E-state index in [2.05, 4.69) is 5.32 Å². The number of hydrogen-bond acceptors (Lipinski definition) is 5. The van der Waals surface area contributed by atoms with Gasteiger partial charge in [0.05, 0.1) is 18.3 Å². The van der Waals surface area contributed by atoms with Crippen LogP contribution in [-0.4, -0.2) is 28.5 Å². The Kier molecular flexibility index (Phi) is 6.98. The third-order valence-electron chi connectivity index (χ3n) is 5.54. The normalized spacial score (nSPS) is 12.0. The van der Waals surface area contributed by atoms with E-state index in [1.165, 1.54) is 12.1 Å². The lowest BCUT2D eigenvalue weighted by Gasteiger charge is -2.25. The quantitative estimate of drug-likeness (QED) is 0.376. The highest BCUT2D eigenvalue weighted by atomic mass is 19.1. The van der Waals surface area contributed by atoms with Crippen molar-refractivity contribution in [2.45, 2.75) is 39.3 Å². The van der Waals surface area contributed by atoms with Gasteiger partial charge in [0, 0.05) is 30.0 Å². The molecule has 0 saturated carbocycles. The van der Waals surface area contributed by atoms with Crippen molar-refractivity contribution in [3.8, 4) is 11.4 Å². The summed E-state index contributed by atoms with van der Waals surface area (Å²) >= 11 is 0. The highest BCUT2D eigenvalue weighted by molar-refractivity contribution is 5.91. The first-order chi connectivity index (χ1) is 16.0. The topological polar surface area (TPSA) is 71.3 Å². The number of aromatic nitrogens is 2. The fourth-order valence-corrected chi connectivity index (χ4v) is 3.57. The van der Waals surface area contributed by atoms with E-state index < -0.39 is 0 Å². The van der Waals surface area contributed by atoms with Crippen LogP contribution in [0.5, 0.6) is 0 Å². The van der Waals surface area contributed by atoms with Gasteiger partial charge < -0.3 is 14.6 Å². The van der Waals surface area contributed by atoms with E-state index in [1.807, 2.05) is 55.1 Å². The SMILES string of the molecule is CC[C@@H](C)NC(=O)CCN(Cc1ccco1)c1nc(-c2ccc(F)cc2)nc2ccccc12. The molecule has 0 aliphatic carbocycles. The third kappa shape index (κ3) is 5.55. The molecule has 33 heavy (non-hydrogen) atoms. The predicted octanol–water partition coefficient (Wildman–Crippen LogP) is 5.34. The van der Waals surface area contributed by atoms with E-state index in [9.17, 15) is 9.18 Å². The van der Waals surface area contributed by atoms with Crippen molar-refractivity contribution in [2.24, 2.45) is 0 Å². The lowest BCUT2D eigenvalue weighted by molar-refractivity contribution is -0.121. The van der Waals surface area contributed by atoms with Gasteiger partial charge in [-0.3, -0.25) is 4.79 Å². The Balaban J connectivity index is 1.72. The van der Waals surface area contributed by atoms with Crippen molar-refractivity contribution in [1.82, 2.24) is 15.3 Å². The second-order valence-corrected chi connectivity index (χ2v) is 8.02. The molecule has 4 aromatic rings. The summed E-state index contributed by atoms with van der Waals surface area (Å²) in [5.41, 5.74) is 1.49. The maximum Gasteiger partial charge on any atom is 0.221 e. The van der Waals surface area contributed by atoms with Crippen molar-refractivity contribution in [2.75, 3.05) is 11.4 Å². The number of para-hydroxylation sites is 1. The van der Waals surface area contributed by atoms with Crippen LogP contribution in [0.3, 0.4) is 0 Å². The van der Waals surface area contributed by atoms with Gasteiger partial charge in [0.25, 0.3) is 0 Å². The molecule has 0 radical (unpaired) electrons. The molecule has 4 rings (SSSR count). The van der Waals surface area contributed by atoms with Crippen molar-refractivity contribution in [1.29, 1.82) is 0 Å². The lowest BCUT2D eigenvalue weighted by Crippen LogP contribution is -2.35. The zero-order valence-corrected chi connectivity index (χ0v) is 18.8. The van der Waals surface area contributed by atoms with Crippen LogP contribution in [-0.2, 0) is 11.3 Å². The summed E-state index contributed by atoms with van der Waals surface area (Å²) in [4.78, 5) is 24.1. The van der Waals surface area contributed by atoms with E-state index in [0.717, 1.165) is 28.6 Å². The molecule has 2 heterocycles. The van der Waals surface area contributed by atoms with Gasteiger partial charge >= 0.3 is 0 Å². The molecule has 2 aromatic carbocycles. The second-order valence-electron chi connectivity index (χ2n) is 8.02. The summed E-state index contributed by atoms with van der Waals surface area (Å²) < 4.78 is 19.1. The molecular formula is C26H27FN4O2. The monoisotopic (exact) mass is 446 g/mol. The molecule has 7 heteroatoms. The van der Waals surface area contributed by atoms with Crippen molar-refractivity contribution in [3.63, 3.8) is 0 Å². The van der Waals surface area contributed by atoms with Gasteiger partial charge in [-0.05, 0) is 61.9 Å². The van der Waals surface area contributed by atoms with E-state index in [1.54, 1.807) is 18.4 Å². The summed E-state index contributed by atoms with van der Waals surface area (Å²) in [6.45, 7) is 4.93. The van der Waals surface area contributed by atoms with Gasteiger partial charge in [-0.1, -0.05) is 19.1 Å². The third-order valence-corrected chi connectivity index (χ3v) is 5.54. The number of fused-ring (bicyclic) bond motifs is 1. The number of nitrogens with zero attached hydrogens (tertiary/aromatic N) is 3. The number of carbonyl (C=O) groups is 1. The van der Waals surface area contributed by atoms with Crippen LogP contribution in [0.4, 0.5) is 10.2 Å². The first-order valence-corrected chi connectivity index (χ1v) is 11.1. The fraction of sp³-hybridized carbons (Fsp3) is 0.269. The van der Waals surface area contributed by atoms with Crippen molar-refractivity contribution < 1.29 is 13.6 Å². The molecule has 1 N–H and O–H groups in total. The first kappa shape index (κ1) is 22.5. The van der Waals surface area contributed by atoms with E-state index >= 15 is 0 Å². The van der Waals surface area contributed by atoms with Crippen LogP contribution in [0.15, 0.2) is 71.3 Å². The van der Waals surface area contributed by atoms with Gasteiger partial charge in [0.1, 0.15) is 17.4 Å². The number of carbonyl (C=O) groups excluding carboxylic acids is 1. The smallest absolute Gasteiger partial charge is 0.221 e. The summed E-state index contributed by atoms with van der Waals surface area (Å²) in [6.07, 6.45) is 2.82. The largest absolute Gasteiger partial charge is 0.467 e. The average molecular weight is 447 g/mol. The van der Waals surface area contributed by atoms with E-state index in [0.29, 0.717) is 31.2 Å². The average Bonchev–Trinajstić information content (AvgIpc) is 3.34. The van der Waals surface area contributed by atoms with Gasteiger partial charge in [0.15, 0.2) is 5.82 Å². The summed E-state index contributed by atoms with van der Waals surface area (Å²) in [6, 6.07) is 17.7. The number of hydrogen-bond donors (Lipinski definition) is 1. The molecule has 1 atom stereocenters. The molecule has 0 aliphatic rings. The second kappa shape index (κ2) is 10.3. The molecule has 0 unspecified atom stereocenters. The Bertz CT molecular complexity index is 1210. The molecule has 170 valence electrons. The number of amides is 1. The minimum atomic E-state index is -0.313. The van der Waals surface area contributed by atoms with Crippen molar-refractivity contribution >= 4 is 22.6 Å². The maximum atomic E-state index is 13.5. The minimum Gasteiger partial charge on any atom is -0.467 e. The minimum absolute atomic E-state index is 0.00841. The highest BCUT2D eigenvalue weighted by Gasteiger charge is 2.18. The Hall–Kier alpha value is -3.74. The Morgan fingerprint density at radius 1 is 1.09 bits per heavy atom. The Morgan fingerprint density at radius 2 is 1.88 bits per heavy atom. The molecule has 0 spiro atoms. The number of anilines is 1. The van der Waals surface area contributed by atoms with Crippen LogP contribution in [0.2, 0.25) is 0 Å². The fourth-order valence-electron chi connectivity index (χ4n) is 3.57. The summed E-state index contributed by atoms with van der Waals surface area (Å²) in [7, 11) is 0.